The summed E-state index contributed by atoms with van der Waals surface area (Å²) < 4.78 is 14.1. The van der Waals surface area contributed by atoms with E-state index in [4.69, 9.17) is 9.47 Å². The molecule has 0 amide bonds. The summed E-state index contributed by atoms with van der Waals surface area (Å²) in [6.45, 7) is 3.58. The van der Waals surface area contributed by atoms with Crippen molar-refractivity contribution in [1.82, 2.24) is 0 Å². The molecule has 12 heavy (non-hydrogen) atoms. The van der Waals surface area contributed by atoms with Crippen LogP contribution < -0.4 is 0 Å². The van der Waals surface area contributed by atoms with Gasteiger partial charge in [0.25, 0.3) is 0 Å². The van der Waals surface area contributed by atoms with Crippen molar-refractivity contribution in [3.05, 3.63) is 12.7 Å². The van der Waals surface area contributed by atoms with Crippen molar-refractivity contribution in [3.63, 3.8) is 0 Å². The molecule has 1 rings (SSSR count). The molecule has 0 aromatic rings. The molecule has 1 aliphatic rings. The van der Waals surface area contributed by atoms with Crippen molar-refractivity contribution >= 4 is 5.97 Å². The van der Waals surface area contributed by atoms with Crippen molar-refractivity contribution in [2.24, 2.45) is 0 Å². The van der Waals surface area contributed by atoms with Gasteiger partial charge in [-0.1, -0.05) is 6.58 Å². The molecule has 1 N–H and O–H groups in total. The molecule has 1 atom stereocenters. The highest BCUT2D eigenvalue weighted by molar-refractivity contribution is 5.81. The number of aliphatic hydroxyl groups is 1. The summed E-state index contributed by atoms with van der Waals surface area (Å²) in [7, 11) is 0. The molecule has 1 unspecified atom stereocenters. The van der Waals surface area contributed by atoms with E-state index in [1.54, 1.807) is 0 Å². The maximum absolute atomic E-state index is 10.6. The van der Waals surface area contributed by atoms with Crippen LogP contribution in [-0.4, -0.2) is 36.9 Å². The van der Waals surface area contributed by atoms with Crippen LogP contribution in [0.2, 0.25) is 0 Å². The molecule has 0 aromatic heterocycles. The van der Waals surface area contributed by atoms with Crippen molar-refractivity contribution in [3.8, 4) is 0 Å². The molecular weight excluding hydrogens is 164 g/mol. The molecule has 0 saturated carbocycles. The van der Waals surface area contributed by atoms with E-state index in [-0.39, 0.29) is 13.2 Å². The summed E-state index contributed by atoms with van der Waals surface area (Å²) in [5.41, 5.74) is 0. The summed E-state index contributed by atoms with van der Waals surface area (Å²) in [6, 6.07) is 0. The number of carbonyl (C=O) groups excluding carboxylic acids is 1. The van der Waals surface area contributed by atoms with E-state index in [0.717, 1.165) is 6.08 Å². The molecule has 1 fully saturated rings. The Morgan fingerprint density at radius 1 is 1.67 bits per heavy atom. The predicted molar refractivity (Wildman–Crippen MR) is 38.0 cm³/mol. The van der Waals surface area contributed by atoms with E-state index in [0.29, 0.717) is 6.61 Å². The van der Waals surface area contributed by atoms with Crippen LogP contribution >= 0.6 is 0 Å². The summed E-state index contributed by atoms with van der Waals surface area (Å²) >= 11 is 0. The average molecular weight is 174 g/mol. The molecule has 5 nitrogen and oxygen atoms in total. The first-order valence-corrected chi connectivity index (χ1v) is 3.46. The third-order valence-electron chi connectivity index (χ3n) is 1.27. The van der Waals surface area contributed by atoms with Gasteiger partial charge in [-0.05, 0) is 0 Å². The van der Waals surface area contributed by atoms with Gasteiger partial charge in [0.1, 0.15) is 6.61 Å². The second kappa shape index (κ2) is 3.66. The van der Waals surface area contributed by atoms with Crippen LogP contribution in [-0.2, 0) is 19.0 Å². The molecule has 0 radical (unpaired) electrons. The van der Waals surface area contributed by atoms with Gasteiger partial charge in [-0.2, -0.15) is 0 Å². The maximum atomic E-state index is 10.6. The number of hydrogen-bond acceptors (Lipinski definition) is 5. The molecule has 1 heterocycles. The fraction of sp³-hybridized carbons (Fsp3) is 0.571. The van der Waals surface area contributed by atoms with Crippen LogP contribution in [0.25, 0.3) is 0 Å². The average Bonchev–Trinajstić information content (AvgIpc) is 2.05. The van der Waals surface area contributed by atoms with E-state index >= 15 is 0 Å². The Kier molecular flexibility index (Phi) is 2.80. The second-order valence-corrected chi connectivity index (χ2v) is 2.24. The van der Waals surface area contributed by atoms with Crippen molar-refractivity contribution < 1.29 is 24.1 Å². The van der Waals surface area contributed by atoms with Gasteiger partial charge in [0.15, 0.2) is 0 Å². The van der Waals surface area contributed by atoms with E-state index < -0.39 is 11.9 Å². The number of carbonyl (C=O) groups is 1. The molecule has 1 saturated heterocycles. The number of rotatable bonds is 2. The van der Waals surface area contributed by atoms with Gasteiger partial charge in [-0.25, -0.2) is 4.79 Å². The molecule has 0 spiro atoms. The van der Waals surface area contributed by atoms with Crippen LogP contribution in [0.1, 0.15) is 0 Å². The van der Waals surface area contributed by atoms with E-state index in [1.165, 1.54) is 0 Å². The standard InChI is InChI=1S/C7H10O5/c1-2-6(8)12-7(9)5-10-3-4-11-7/h2,9H,1,3-5H2. The monoisotopic (exact) mass is 174 g/mol. The second-order valence-electron chi connectivity index (χ2n) is 2.24. The number of ether oxygens (including phenoxy) is 3. The lowest BCUT2D eigenvalue weighted by Gasteiger charge is -2.30. The minimum absolute atomic E-state index is 0.174. The van der Waals surface area contributed by atoms with Gasteiger partial charge in [-0.3, -0.25) is 0 Å². The molecule has 1 aliphatic heterocycles. The van der Waals surface area contributed by atoms with Crippen molar-refractivity contribution in [1.29, 1.82) is 0 Å². The first-order chi connectivity index (χ1) is 5.66. The zero-order chi connectivity index (χ0) is 9.03. The van der Waals surface area contributed by atoms with Crippen molar-refractivity contribution in [2.75, 3.05) is 19.8 Å². The first-order valence-electron chi connectivity index (χ1n) is 3.46. The molecule has 0 aliphatic carbocycles. The fourth-order valence-electron chi connectivity index (χ4n) is 0.761. The minimum atomic E-state index is -1.94. The summed E-state index contributed by atoms with van der Waals surface area (Å²) in [5, 5.41) is 9.33. The smallest absolute Gasteiger partial charge is 0.351 e. The minimum Gasteiger partial charge on any atom is -0.403 e. The summed E-state index contributed by atoms with van der Waals surface area (Å²) in [4.78, 5) is 10.6. The maximum Gasteiger partial charge on any atom is 0.351 e. The Hall–Kier alpha value is -0.910. The third kappa shape index (κ3) is 2.30. The molecule has 0 bridgehead atoms. The molecule has 0 aromatic carbocycles. The Morgan fingerprint density at radius 2 is 2.42 bits per heavy atom. The predicted octanol–water partition coefficient (Wildman–Crippen LogP) is -0.592. The zero-order valence-corrected chi connectivity index (χ0v) is 6.49. The van der Waals surface area contributed by atoms with Crippen molar-refractivity contribution in [2.45, 2.75) is 5.97 Å². The highest BCUT2D eigenvalue weighted by Crippen LogP contribution is 2.14. The molecular formula is C7H10O5. The fourth-order valence-corrected chi connectivity index (χ4v) is 0.761. The lowest BCUT2D eigenvalue weighted by molar-refractivity contribution is -0.378. The van der Waals surface area contributed by atoms with Gasteiger partial charge < -0.3 is 19.3 Å². The van der Waals surface area contributed by atoms with Gasteiger partial charge in [-0.15, -0.1) is 0 Å². The zero-order valence-electron chi connectivity index (χ0n) is 6.49. The van der Waals surface area contributed by atoms with Crippen LogP contribution in [0, 0.1) is 0 Å². The lowest BCUT2D eigenvalue weighted by atomic mass is 10.5. The summed E-state index contributed by atoms with van der Waals surface area (Å²) in [6.07, 6.45) is 0.940. The first kappa shape index (κ1) is 9.18. The molecule has 5 heteroatoms. The van der Waals surface area contributed by atoms with Crippen LogP contribution in [0.3, 0.4) is 0 Å². The van der Waals surface area contributed by atoms with E-state index in [2.05, 4.69) is 11.3 Å². The highest BCUT2D eigenvalue weighted by atomic mass is 16.8. The Morgan fingerprint density at radius 3 is 2.92 bits per heavy atom. The lowest BCUT2D eigenvalue weighted by Crippen LogP contribution is -2.46. The van der Waals surface area contributed by atoms with Gasteiger partial charge in [0.2, 0.25) is 0 Å². The van der Waals surface area contributed by atoms with Gasteiger partial charge >= 0.3 is 11.9 Å². The Bertz CT molecular complexity index is 182. The molecule has 68 valence electrons. The van der Waals surface area contributed by atoms with Crippen LogP contribution in [0.5, 0.6) is 0 Å². The number of esters is 1. The van der Waals surface area contributed by atoms with Crippen LogP contribution in [0.4, 0.5) is 0 Å². The summed E-state index contributed by atoms with van der Waals surface area (Å²) in [5.74, 6) is -2.69. The largest absolute Gasteiger partial charge is 0.403 e. The highest BCUT2D eigenvalue weighted by Gasteiger charge is 2.35. The topological polar surface area (TPSA) is 65.0 Å². The van der Waals surface area contributed by atoms with Gasteiger partial charge in [0.05, 0.1) is 13.2 Å². The normalized spacial score (nSPS) is 29.4. The van der Waals surface area contributed by atoms with E-state index in [1.807, 2.05) is 0 Å². The quantitative estimate of drug-likeness (QED) is 0.344. The third-order valence-corrected chi connectivity index (χ3v) is 1.27. The Labute approximate surface area is 69.5 Å². The van der Waals surface area contributed by atoms with Crippen LogP contribution in [0.15, 0.2) is 12.7 Å². The van der Waals surface area contributed by atoms with Gasteiger partial charge in [0, 0.05) is 6.08 Å². The van der Waals surface area contributed by atoms with E-state index in [9.17, 15) is 9.90 Å². The Balaban J connectivity index is 2.46. The SMILES string of the molecule is C=CC(=O)OC1(O)COCCO1. The number of hydrogen-bond donors (Lipinski definition) is 1.